The van der Waals surface area contributed by atoms with E-state index in [1.54, 1.807) is 46.4 Å². The molecule has 1 aromatic carbocycles. The average molecular weight is 453 g/mol. The second-order valence-corrected chi connectivity index (χ2v) is 10.0. The van der Waals surface area contributed by atoms with Crippen LogP contribution >= 0.6 is 0 Å². The van der Waals surface area contributed by atoms with Gasteiger partial charge in [0, 0.05) is 25.2 Å². The Morgan fingerprint density at radius 3 is 2.16 bits per heavy atom. The number of carbonyl (C=O) groups is 2. The number of hydrogen-bond donors (Lipinski definition) is 2. The van der Waals surface area contributed by atoms with Crippen LogP contribution in [0, 0.1) is 11.6 Å². The highest BCUT2D eigenvalue weighted by molar-refractivity contribution is 5.76. The van der Waals surface area contributed by atoms with Gasteiger partial charge in [-0.2, -0.15) is 0 Å². The predicted molar refractivity (Wildman–Crippen MR) is 114 cm³/mol. The number of amides is 2. The molecular formula is C22H30F2N4O4. The van der Waals surface area contributed by atoms with E-state index >= 15 is 0 Å². The third-order valence-electron chi connectivity index (χ3n) is 4.99. The summed E-state index contributed by atoms with van der Waals surface area (Å²) >= 11 is 0. The quantitative estimate of drug-likeness (QED) is 0.695. The fraction of sp³-hybridized carbons (Fsp3) is 0.591. The maximum absolute atomic E-state index is 13.7. The molecule has 1 fully saturated rings. The Bertz CT molecular complexity index is 976. The molecular weight excluding hydrogens is 422 g/mol. The largest absolute Gasteiger partial charge is 0.444 e. The zero-order valence-electron chi connectivity index (χ0n) is 19.3. The number of aromatic amines is 1. The minimum atomic E-state index is -1.02. The molecule has 1 saturated heterocycles. The third-order valence-corrected chi connectivity index (χ3v) is 4.99. The Morgan fingerprint density at radius 2 is 1.59 bits per heavy atom. The molecule has 8 nitrogen and oxygen atoms in total. The normalized spacial score (nSPS) is 16.7. The van der Waals surface area contributed by atoms with E-state index in [4.69, 9.17) is 9.47 Å². The Morgan fingerprint density at radius 1 is 1.03 bits per heavy atom. The van der Waals surface area contributed by atoms with Gasteiger partial charge in [0.1, 0.15) is 22.6 Å². The minimum Gasteiger partial charge on any atom is -0.444 e. The number of alkyl carbamates (subject to hydrolysis) is 1. The topological polar surface area (TPSA) is 96.5 Å². The first kappa shape index (κ1) is 23.7. The Hall–Kier alpha value is -2.91. The molecule has 0 radical (unpaired) electrons. The van der Waals surface area contributed by atoms with Crippen LogP contribution in [-0.4, -0.2) is 51.3 Å². The summed E-state index contributed by atoms with van der Waals surface area (Å²) in [5, 5.41) is 2.88. The second-order valence-electron chi connectivity index (χ2n) is 10.0. The van der Waals surface area contributed by atoms with Crippen LogP contribution in [-0.2, 0) is 15.0 Å². The van der Waals surface area contributed by atoms with Crippen LogP contribution in [0.4, 0.5) is 18.4 Å². The maximum Gasteiger partial charge on any atom is 0.410 e. The van der Waals surface area contributed by atoms with E-state index in [9.17, 15) is 18.4 Å². The van der Waals surface area contributed by atoms with Gasteiger partial charge in [-0.25, -0.2) is 23.4 Å². The van der Waals surface area contributed by atoms with Gasteiger partial charge in [-0.05, 0) is 54.4 Å². The summed E-state index contributed by atoms with van der Waals surface area (Å²) in [6, 6.07) is 2.03. The number of ether oxygens (including phenoxy) is 2. The summed E-state index contributed by atoms with van der Waals surface area (Å²) in [7, 11) is 0. The molecule has 1 aliphatic heterocycles. The lowest BCUT2D eigenvalue weighted by molar-refractivity contribution is 0.0107. The highest BCUT2D eigenvalue weighted by atomic mass is 19.2. The van der Waals surface area contributed by atoms with Crippen molar-refractivity contribution in [1.82, 2.24) is 20.2 Å². The molecule has 1 aliphatic rings. The molecule has 1 aromatic heterocycles. The number of carbonyl (C=O) groups excluding carboxylic acids is 2. The van der Waals surface area contributed by atoms with Crippen LogP contribution in [0.5, 0.6) is 0 Å². The van der Waals surface area contributed by atoms with Gasteiger partial charge in [0.2, 0.25) is 0 Å². The van der Waals surface area contributed by atoms with Crippen molar-refractivity contribution < 1.29 is 27.8 Å². The molecule has 0 aliphatic carbocycles. The van der Waals surface area contributed by atoms with Gasteiger partial charge in [0.15, 0.2) is 11.6 Å². The molecule has 0 saturated carbocycles. The first-order chi connectivity index (χ1) is 14.7. The van der Waals surface area contributed by atoms with Crippen LogP contribution in [0.3, 0.4) is 0 Å². The third kappa shape index (κ3) is 5.46. The highest BCUT2D eigenvalue weighted by Crippen LogP contribution is 2.34. The second kappa shape index (κ2) is 8.22. The molecule has 0 unspecified atom stereocenters. The van der Waals surface area contributed by atoms with Crippen molar-refractivity contribution in [3.8, 4) is 0 Å². The summed E-state index contributed by atoms with van der Waals surface area (Å²) in [5.41, 5.74) is -1.83. The fourth-order valence-electron chi connectivity index (χ4n) is 3.55. The van der Waals surface area contributed by atoms with E-state index in [1.807, 2.05) is 0 Å². The van der Waals surface area contributed by atoms with Crippen molar-refractivity contribution in [3.05, 3.63) is 29.6 Å². The van der Waals surface area contributed by atoms with Crippen molar-refractivity contribution in [2.24, 2.45) is 0 Å². The molecule has 2 heterocycles. The molecule has 2 N–H and O–H groups in total. The van der Waals surface area contributed by atoms with Crippen molar-refractivity contribution in [3.63, 3.8) is 0 Å². The zero-order chi connectivity index (χ0) is 23.9. The molecule has 0 bridgehead atoms. The van der Waals surface area contributed by atoms with Crippen LogP contribution in [0.25, 0.3) is 11.0 Å². The van der Waals surface area contributed by atoms with Crippen LogP contribution < -0.4 is 5.32 Å². The monoisotopic (exact) mass is 452 g/mol. The molecule has 0 spiro atoms. The van der Waals surface area contributed by atoms with Crippen LogP contribution in [0.1, 0.15) is 60.2 Å². The number of fused-ring (bicyclic) bond motifs is 1. The number of rotatable bonds is 2. The SMILES string of the molecule is CC(C)(C)OC(=O)NC1(c2nc3cc(F)c(F)cc3[nH]2)CCN(C(=O)OC(C)(C)C)CC1. The van der Waals surface area contributed by atoms with Crippen molar-refractivity contribution in [2.75, 3.05) is 13.1 Å². The van der Waals surface area contributed by atoms with E-state index in [2.05, 4.69) is 15.3 Å². The first-order valence-electron chi connectivity index (χ1n) is 10.5. The van der Waals surface area contributed by atoms with Crippen molar-refractivity contribution in [1.29, 1.82) is 0 Å². The fourth-order valence-corrected chi connectivity index (χ4v) is 3.55. The standard InChI is InChI=1S/C22H30F2N4O4/c1-20(2,3)31-18(29)27-22(7-9-28(10-8-22)19(30)32-21(4,5)6)17-25-15-11-13(23)14(24)12-16(15)26-17/h11-12H,7-10H2,1-6H3,(H,25,26)(H,27,29). The van der Waals surface area contributed by atoms with E-state index in [-0.39, 0.29) is 18.6 Å². The molecule has 2 amide bonds. The van der Waals surface area contributed by atoms with Crippen LogP contribution in [0.15, 0.2) is 12.1 Å². The summed E-state index contributed by atoms with van der Waals surface area (Å²) in [4.78, 5) is 34.1. The van der Waals surface area contributed by atoms with E-state index in [0.717, 1.165) is 12.1 Å². The van der Waals surface area contributed by atoms with Crippen LogP contribution in [0.2, 0.25) is 0 Å². The summed E-state index contributed by atoms with van der Waals surface area (Å²) in [5.74, 6) is -1.67. The van der Waals surface area contributed by atoms with E-state index in [1.165, 1.54) is 0 Å². The number of nitrogens with one attached hydrogen (secondary N) is 2. The van der Waals surface area contributed by atoms with Gasteiger partial charge in [-0.1, -0.05) is 0 Å². The number of piperidine rings is 1. The lowest BCUT2D eigenvalue weighted by atomic mass is 9.86. The average Bonchev–Trinajstić information content (AvgIpc) is 3.03. The van der Waals surface area contributed by atoms with Gasteiger partial charge in [-0.15, -0.1) is 0 Å². The predicted octanol–water partition coefficient (Wildman–Crippen LogP) is 4.59. The van der Waals surface area contributed by atoms with Crippen molar-refractivity contribution >= 4 is 23.2 Å². The number of benzene rings is 1. The van der Waals surface area contributed by atoms with Gasteiger partial charge >= 0.3 is 12.2 Å². The molecule has 32 heavy (non-hydrogen) atoms. The van der Waals surface area contributed by atoms with Gasteiger partial charge in [-0.3, -0.25) is 0 Å². The molecule has 10 heteroatoms. The summed E-state index contributed by atoms with van der Waals surface area (Å²) in [6.07, 6.45) is -0.495. The zero-order valence-corrected chi connectivity index (χ0v) is 19.3. The number of aromatic nitrogens is 2. The van der Waals surface area contributed by atoms with Gasteiger partial charge in [0.25, 0.3) is 0 Å². The number of hydrogen-bond acceptors (Lipinski definition) is 5. The highest BCUT2D eigenvalue weighted by Gasteiger charge is 2.43. The number of nitrogens with zero attached hydrogens (tertiary/aromatic N) is 2. The number of likely N-dealkylation sites (tertiary alicyclic amines) is 1. The molecule has 0 atom stereocenters. The number of halogens is 2. The smallest absolute Gasteiger partial charge is 0.410 e. The molecule has 176 valence electrons. The Kier molecular flexibility index (Phi) is 6.10. The Balaban J connectivity index is 1.90. The number of H-pyrrole nitrogens is 1. The van der Waals surface area contributed by atoms with E-state index in [0.29, 0.717) is 24.2 Å². The molecule has 3 rings (SSSR count). The van der Waals surface area contributed by atoms with E-state index < -0.39 is 40.6 Å². The summed E-state index contributed by atoms with van der Waals surface area (Å²) in [6.45, 7) is 11.2. The molecule has 2 aromatic rings. The Labute approximate surface area is 185 Å². The van der Waals surface area contributed by atoms with Gasteiger partial charge < -0.3 is 24.7 Å². The van der Waals surface area contributed by atoms with Gasteiger partial charge in [0.05, 0.1) is 11.0 Å². The minimum absolute atomic E-state index is 0.235. The summed E-state index contributed by atoms with van der Waals surface area (Å²) < 4.78 is 38.2. The first-order valence-corrected chi connectivity index (χ1v) is 10.5. The lowest BCUT2D eigenvalue weighted by Gasteiger charge is -2.41. The van der Waals surface area contributed by atoms with Crippen molar-refractivity contribution in [2.45, 2.75) is 71.1 Å². The lowest BCUT2D eigenvalue weighted by Crippen LogP contribution is -2.55. The number of imidazole rings is 1. The maximum atomic E-state index is 13.7.